The first-order valence-corrected chi connectivity index (χ1v) is 7.26. The van der Waals surface area contributed by atoms with E-state index in [1.165, 1.54) is 6.33 Å². The number of aromatic nitrogens is 2. The van der Waals surface area contributed by atoms with E-state index in [1.54, 1.807) is 20.3 Å². The second-order valence-corrected chi connectivity index (χ2v) is 5.65. The summed E-state index contributed by atoms with van der Waals surface area (Å²) < 4.78 is 10.5. The number of nitrogens with zero attached hydrogens (tertiary/aromatic N) is 2. The van der Waals surface area contributed by atoms with Gasteiger partial charge in [-0.3, -0.25) is 0 Å². The molecule has 0 saturated heterocycles. The van der Waals surface area contributed by atoms with Crippen molar-refractivity contribution < 1.29 is 9.47 Å². The van der Waals surface area contributed by atoms with Gasteiger partial charge in [-0.25, -0.2) is 9.97 Å². The van der Waals surface area contributed by atoms with E-state index in [2.05, 4.69) is 25.9 Å². The molecular formula is C14H14BrClN2O2. The molecule has 2 aromatic rings. The van der Waals surface area contributed by atoms with Crippen LogP contribution in [0.3, 0.4) is 0 Å². The van der Waals surface area contributed by atoms with Crippen LogP contribution >= 0.6 is 27.5 Å². The van der Waals surface area contributed by atoms with Gasteiger partial charge in [-0.2, -0.15) is 0 Å². The first kappa shape index (κ1) is 15.1. The smallest absolute Gasteiger partial charge is 0.216 e. The number of methoxy groups -OCH3 is 2. The van der Waals surface area contributed by atoms with Gasteiger partial charge >= 0.3 is 0 Å². The van der Waals surface area contributed by atoms with Crippen molar-refractivity contribution in [3.05, 3.63) is 46.9 Å². The third-order valence-electron chi connectivity index (χ3n) is 2.83. The normalized spacial score (nSPS) is 12.0. The van der Waals surface area contributed by atoms with E-state index in [0.717, 1.165) is 17.0 Å². The van der Waals surface area contributed by atoms with E-state index in [0.29, 0.717) is 17.3 Å². The number of benzene rings is 1. The Morgan fingerprint density at radius 2 is 2.00 bits per heavy atom. The highest BCUT2D eigenvalue weighted by Crippen LogP contribution is 2.35. The summed E-state index contributed by atoms with van der Waals surface area (Å²) in [5.41, 5.74) is 1.86. The maximum absolute atomic E-state index is 6.05. The summed E-state index contributed by atoms with van der Waals surface area (Å²) in [6.07, 6.45) is 2.17. The minimum Gasteiger partial charge on any atom is -0.496 e. The van der Waals surface area contributed by atoms with Crippen LogP contribution in [0.4, 0.5) is 0 Å². The molecule has 0 aliphatic rings. The number of halogens is 2. The van der Waals surface area contributed by atoms with Gasteiger partial charge in [0.15, 0.2) is 0 Å². The predicted molar refractivity (Wildman–Crippen MR) is 82.0 cm³/mol. The molecule has 6 heteroatoms. The van der Waals surface area contributed by atoms with Crippen molar-refractivity contribution in [2.24, 2.45) is 0 Å². The molecule has 0 amide bonds. The van der Waals surface area contributed by atoms with Crippen molar-refractivity contribution in [1.29, 1.82) is 0 Å². The molecule has 0 bridgehead atoms. The zero-order valence-electron chi connectivity index (χ0n) is 11.1. The molecule has 0 aliphatic heterocycles. The molecule has 1 unspecified atom stereocenters. The van der Waals surface area contributed by atoms with Crippen LogP contribution in [0.25, 0.3) is 0 Å². The monoisotopic (exact) mass is 356 g/mol. The molecule has 2 rings (SSSR count). The molecule has 0 fully saturated rings. The summed E-state index contributed by atoms with van der Waals surface area (Å²) in [5, 5.41) is 0.672. The van der Waals surface area contributed by atoms with Crippen molar-refractivity contribution in [2.45, 2.75) is 11.2 Å². The van der Waals surface area contributed by atoms with Gasteiger partial charge in [0.1, 0.15) is 12.1 Å². The van der Waals surface area contributed by atoms with Crippen molar-refractivity contribution in [2.75, 3.05) is 14.2 Å². The molecule has 0 spiro atoms. The van der Waals surface area contributed by atoms with Crippen LogP contribution in [0.1, 0.15) is 16.1 Å². The predicted octanol–water partition coefficient (Wildman–Crippen LogP) is 3.83. The summed E-state index contributed by atoms with van der Waals surface area (Å²) in [4.78, 5) is 8.26. The molecule has 0 N–H and O–H groups in total. The lowest BCUT2D eigenvalue weighted by molar-refractivity contribution is 0.395. The summed E-state index contributed by atoms with van der Waals surface area (Å²) >= 11 is 9.70. The zero-order chi connectivity index (χ0) is 14.5. The maximum atomic E-state index is 6.05. The van der Waals surface area contributed by atoms with E-state index in [1.807, 2.05) is 18.2 Å². The Hall–Kier alpha value is -1.33. The van der Waals surface area contributed by atoms with Gasteiger partial charge in [0.25, 0.3) is 0 Å². The molecule has 0 aliphatic carbocycles. The Morgan fingerprint density at radius 3 is 2.70 bits per heavy atom. The Kier molecular flexibility index (Phi) is 5.20. The van der Waals surface area contributed by atoms with Crippen LogP contribution in [0.2, 0.25) is 5.02 Å². The Labute approximate surface area is 131 Å². The summed E-state index contributed by atoms with van der Waals surface area (Å²) in [6.45, 7) is 0. The molecule has 4 nitrogen and oxygen atoms in total. The van der Waals surface area contributed by atoms with Crippen LogP contribution in [-0.2, 0) is 6.42 Å². The molecule has 1 aromatic carbocycles. The lowest BCUT2D eigenvalue weighted by Gasteiger charge is -2.14. The molecule has 1 aromatic heterocycles. The number of alkyl halides is 1. The fourth-order valence-corrected chi connectivity index (χ4v) is 2.71. The number of hydrogen-bond donors (Lipinski definition) is 0. The van der Waals surface area contributed by atoms with Gasteiger partial charge in [0, 0.05) is 33.6 Å². The van der Waals surface area contributed by atoms with Gasteiger partial charge in [-0.15, -0.1) is 0 Å². The van der Waals surface area contributed by atoms with Crippen LogP contribution in [-0.4, -0.2) is 24.2 Å². The third-order valence-corrected chi connectivity index (χ3v) is 3.88. The van der Waals surface area contributed by atoms with Gasteiger partial charge < -0.3 is 9.47 Å². The first-order chi connectivity index (χ1) is 9.63. The minimum absolute atomic E-state index is 0.0377. The van der Waals surface area contributed by atoms with Crippen molar-refractivity contribution in [3.8, 4) is 11.6 Å². The Morgan fingerprint density at radius 1 is 1.20 bits per heavy atom. The lowest BCUT2D eigenvalue weighted by Crippen LogP contribution is -2.01. The molecule has 106 valence electrons. The topological polar surface area (TPSA) is 44.2 Å². The highest BCUT2D eigenvalue weighted by molar-refractivity contribution is 9.09. The van der Waals surface area contributed by atoms with Gasteiger partial charge in [0.05, 0.1) is 14.2 Å². The number of hydrogen-bond acceptors (Lipinski definition) is 4. The molecule has 1 atom stereocenters. The summed E-state index contributed by atoms with van der Waals surface area (Å²) in [6, 6.07) is 7.35. The van der Waals surface area contributed by atoms with Gasteiger partial charge in [-0.05, 0) is 18.2 Å². The molecule has 1 heterocycles. The summed E-state index contributed by atoms with van der Waals surface area (Å²) in [7, 11) is 3.22. The highest BCUT2D eigenvalue weighted by Gasteiger charge is 2.15. The third kappa shape index (κ3) is 3.61. The van der Waals surface area contributed by atoms with Crippen molar-refractivity contribution >= 4 is 27.5 Å². The number of rotatable bonds is 5. The van der Waals surface area contributed by atoms with Gasteiger partial charge in [0.2, 0.25) is 5.88 Å². The van der Waals surface area contributed by atoms with Crippen LogP contribution in [0, 0.1) is 0 Å². The van der Waals surface area contributed by atoms with E-state index in [-0.39, 0.29) is 4.83 Å². The quantitative estimate of drug-likeness (QED) is 0.763. The van der Waals surface area contributed by atoms with Crippen molar-refractivity contribution in [1.82, 2.24) is 9.97 Å². The number of ether oxygens (including phenoxy) is 2. The van der Waals surface area contributed by atoms with Crippen molar-refractivity contribution in [3.63, 3.8) is 0 Å². The van der Waals surface area contributed by atoms with Crippen LogP contribution in [0.5, 0.6) is 11.6 Å². The average molecular weight is 358 g/mol. The highest BCUT2D eigenvalue weighted by atomic mass is 79.9. The van der Waals surface area contributed by atoms with Crippen LogP contribution < -0.4 is 9.47 Å². The van der Waals surface area contributed by atoms with E-state index in [4.69, 9.17) is 21.1 Å². The molecular weight excluding hydrogens is 344 g/mol. The average Bonchev–Trinajstić information content (AvgIpc) is 2.47. The maximum Gasteiger partial charge on any atom is 0.216 e. The lowest BCUT2D eigenvalue weighted by atomic mass is 10.1. The van der Waals surface area contributed by atoms with Crippen LogP contribution in [0.15, 0.2) is 30.6 Å². The second-order valence-electron chi connectivity index (χ2n) is 4.11. The van der Waals surface area contributed by atoms with E-state index < -0.39 is 0 Å². The Balaban J connectivity index is 2.23. The standard InChI is InChI=1S/C14H14BrClN2O2/c1-19-13-4-3-9(16)5-11(13)12(15)6-10-7-14(20-2)18-8-17-10/h3-5,7-8,12H,6H2,1-2H3. The van der Waals surface area contributed by atoms with Gasteiger partial charge in [-0.1, -0.05) is 27.5 Å². The van der Waals surface area contributed by atoms with E-state index >= 15 is 0 Å². The fraction of sp³-hybridized carbons (Fsp3) is 0.286. The minimum atomic E-state index is 0.0377. The molecule has 0 saturated carbocycles. The van der Waals surface area contributed by atoms with E-state index in [9.17, 15) is 0 Å². The Bertz CT molecular complexity index is 595. The zero-order valence-corrected chi connectivity index (χ0v) is 13.5. The second kappa shape index (κ2) is 6.90. The summed E-state index contributed by atoms with van der Waals surface area (Å²) in [5.74, 6) is 1.34. The fourth-order valence-electron chi connectivity index (χ4n) is 1.84. The SMILES string of the molecule is COc1cc(CC(Br)c2cc(Cl)ccc2OC)ncn1. The molecule has 0 radical (unpaired) electrons. The molecule has 20 heavy (non-hydrogen) atoms. The largest absolute Gasteiger partial charge is 0.496 e. The first-order valence-electron chi connectivity index (χ1n) is 5.96.